The van der Waals surface area contributed by atoms with Crippen molar-refractivity contribution in [2.24, 2.45) is 0 Å². The van der Waals surface area contributed by atoms with Gasteiger partial charge in [-0.2, -0.15) is 11.3 Å². The number of Topliss-reactive ketones (excluding diaryl/α,β-unsaturated/α-hetero) is 1. The molecule has 0 bridgehead atoms. The second-order valence-electron chi connectivity index (χ2n) is 8.51. The van der Waals surface area contributed by atoms with Crippen LogP contribution in [-0.4, -0.2) is 18.9 Å². The zero-order valence-corrected chi connectivity index (χ0v) is 20.6. The van der Waals surface area contributed by atoms with Crippen LogP contribution in [0.15, 0.2) is 81.1 Å². The van der Waals surface area contributed by atoms with Crippen LogP contribution in [0.25, 0.3) is 0 Å². The molecule has 0 saturated heterocycles. The van der Waals surface area contributed by atoms with Gasteiger partial charge in [-0.15, -0.1) is 11.3 Å². The van der Waals surface area contributed by atoms with Gasteiger partial charge in [-0.3, -0.25) is 4.79 Å². The van der Waals surface area contributed by atoms with Gasteiger partial charge in [0.15, 0.2) is 5.78 Å². The number of ketones is 1. The number of esters is 1. The number of hydrogen-bond donors (Lipinski definition) is 1. The average Bonchev–Trinajstić information content (AvgIpc) is 3.56. The van der Waals surface area contributed by atoms with Gasteiger partial charge in [0.2, 0.25) is 0 Å². The summed E-state index contributed by atoms with van der Waals surface area (Å²) in [5.41, 5.74) is 4.71. The van der Waals surface area contributed by atoms with E-state index in [1.54, 1.807) is 29.8 Å². The van der Waals surface area contributed by atoms with Crippen LogP contribution in [0.4, 0.5) is 0 Å². The molecule has 3 heterocycles. The third kappa shape index (κ3) is 4.33. The van der Waals surface area contributed by atoms with E-state index in [-0.39, 0.29) is 18.3 Å². The molecule has 0 radical (unpaired) electrons. The maximum Gasteiger partial charge on any atom is 0.337 e. The van der Waals surface area contributed by atoms with Crippen LogP contribution in [-0.2, 0) is 20.9 Å². The monoisotopic (exact) mass is 491 g/mol. The molecule has 0 saturated carbocycles. The summed E-state index contributed by atoms with van der Waals surface area (Å²) in [6.07, 6.45) is 1.21. The Kier molecular flexibility index (Phi) is 6.39. The summed E-state index contributed by atoms with van der Waals surface area (Å²) >= 11 is 3.25. The first-order chi connectivity index (χ1) is 16.5. The first-order valence-electron chi connectivity index (χ1n) is 11.1. The number of rotatable bonds is 6. The second kappa shape index (κ2) is 9.60. The van der Waals surface area contributed by atoms with Crippen molar-refractivity contribution in [1.82, 2.24) is 5.32 Å². The Bertz CT molecular complexity index is 1250. The zero-order chi connectivity index (χ0) is 23.7. The van der Waals surface area contributed by atoms with Crippen molar-refractivity contribution in [3.8, 4) is 5.75 Å². The summed E-state index contributed by atoms with van der Waals surface area (Å²) in [4.78, 5) is 28.1. The molecule has 34 heavy (non-hydrogen) atoms. The van der Waals surface area contributed by atoms with Crippen molar-refractivity contribution in [2.45, 2.75) is 38.2 Å². The molecule has 0 spiro atoms. The number of nitrogens with one attached hydrogen (secondary N) is 1. The van der Waals surface area contributed by atoms with Crippen molar-refractivity contribution in [1.29, 1.82) is 0 Å². The number of hydrogen-bond acceptors (Lipinski definition) is 7. The first kappa shape index (κ1) is 22.6. The van der Waals surface area contributed by atoms with Crippen LogP contribution in [0.2, 0.25) is 0 Å². The molecule has 5 rings (SSSR count). The highest BCUT2D eigenvalue weighted by molar-refractivity contribution is 7.10. The summed E-state index contributed by atoms with van der Waals surface area (Å²) in [7, 11) is 1.61. The molecule has 1 aromatic carbocycles. The van der Waals surface area contributed by atoms with Gasteiger partial charge in [-0.1, -0.05) is 18.2 Å². The summed E-state index contributed by atoms with van der Waals surface area (Å²) in [6.45, 7) is 2.04. The van der Waals surface area contributed by atoms with E-state index in [2.05, 4.69) is 11.4 Å². The molecule has 1 aliphatic carbocycles. The van der Waals surface area contributed by atoms with Gasteiger partial charge in [0.25, 0.3) is 0 Å². The molecule has 5 nitrogen and oxygen atoms in total. The maximum atomic E-state index is 13.5. The highest BCUT2D eigenvalue weighted by atomic mass is 32.1. The molecule has 1 N–H and O–H groups in total. The minimum absolute atomic E-state index is 0.0938. The SMILES string of the molecule is COc1ccc(COC(=O)C2=C(C)NC3=C(C(=O)C[C@H](c4cccs4)C3)[C@@H]2c2ccsc2)cc1. The van der Waals surface area contributed by atoms with Gasteiger partial charge in [-0.25, -0.2) is 4.79 Å². The third-order valence-electron chi connectivity index (χ3n) is 6.40. The van der Waals surface area contributed by atoms with E-state index >= 15 is 0 Å². The lowest BCUT2D eigenvalue weighted by Crippen LogP contribution is -2.35. The molecule has 0 amide bonds. The van der Waals surface area contributed by atoms with Crippen molar-refractivity contribution >= 4 is 34.4 Å². The first-order valence-corrected chi connectivity index (χ1v) is 13.0. The topological polar surface area (TPSA) is 64.6 Å². The van der Waals surface area contributed by atoms with Gasteiger partial charge >= 0.3 is 5.97 Å². The molecular weight excluding hydrogens is 466 g/mol. The predicted octanol–water partition coefficient (Wildman–Crippen LogP) is 5.92. The minimum atomic E-state index is -0.414. The fourth-order valence-electron chi connectivity index (χ4n) is 4.76. The zero-order valence-electron chi connectivity index (χ0n) is 19.0. The van der Waals surface area contributed by atoms with E-state index in [0.717, 1.165) is 34.7 Å². The lowest BCUT2D eigenvalue weighted by Gasteiger charge is -2.36. The van der Waals surface area contributed by atoms with Gasteiger partial charge < -0.3 is 14.8 Å². The smallest absolute Gasteiger partial charge is 0.337 e. The molecule has 0 unspecified atom stereocenters. The molecule has 3 aromatic rings. The normalized spacial score (nSPS) is 20.1. The Morgan fingerprint density at radius 2 is 1.94 bits per heavy atom. The number of thiophene rings is 2. The number of allylic oxidation sites excluding steroid dienone is 3. The molecule has 2 aromatic heterocycles. The van der Waals surface area contributed by atoms with Gasteiger partial charge in [0.05, 0.1) is 12.7 Å². The van der Waals surface area contributed by atoms with E-state index in [1.807, 2.05) is 59.5 Å². The number of ether oxygens (including phenoxy) is 2. The summed E-state index contributed by atoms with van der Waals surface area (Å²) in [5.74, 6) is 0.188. The number of benzene rings is 1. The molecule has 174 valence electrons. The van der Waals surface area contributed by atoms with Crippen LogP contribution in [0.1, 0.15) is 47.6 Å². The summed E-state index contributed by atoms with van der Waals surface area (Å²) < 4.78 is 10.9. The van der Waals surface area contributed by atoms with Crippen molar-refractivity contribution in [3.05, 3.63) is 97.1 Å². The summed E-state index contributed by atoms with van der Waals surface area (Å²) in [6, 6.07) is 13.5. The van der Waals surface area contributed by atoms with Gasteiger partial charge in [-0.05, 0) is 64.9 Å². The van der Waals surface area contributed by atoms with Gasteiger partial charge in [0, 0.05) is 40.1 Å². The fraction of sp³-hybridized carbons (Fsp3) is 0.259. The standard InChI is InChI=1S/C27H25NO4S2/c1-16-24(27(30)32-14-17-5-7-20(31-2)8-6-17)25(18-9-11-33-15-18)26-21(28-16)12-19(13-22(26)29)23-4-3-10-34-23/h3-11,15,19,25,28H,12-14H2,1-2H3/t19-,25-/m1/s1. The lowest BCUT2D eigenvalue weighted by molar-refractivity contribution is -0.140. The van der Waals surface area contributed by atoms with Gasteiger partial charge in [0.1, 0.15) is 12.4 Å². The minimum Gasteiger partial charge on any atom is -0.497 e. The van der Waals surface area contributed by atoms with E-state index in [4.69, 9.17) is 9.47 Å². The Labute approximate surface area is 206 Å². The predicted molar refractivity (Wildman–Crippen MR) is 134 cm³/mol. The molecular formula is C27H25NO4S2. The number of carbonyl (C=O) groups excluding carboxylic acids is 2. The van der Waals surface area contributed by atoms with Crippen molar-refractivity contribution < 1.29 is 19.1 Å². The number of methoxy groups -OCH3 is 1. The van der Waals surface area contributed by atoms with Crippen LogP contribution in [0, 0.1) is 0 Å². The summed E-state index contributed by atoms with van der Waals surface area (Å²) in [5, 5.41) is 9.45. The van der Waals surface area contributed by atoms with Crippen LogP contribution in [0.5, 0.6) is 5.75 Å². The highest BCUT2D eigenvalue weighted by Crippen LogP contribution is 2.46. The number of carbonyl (C=O) groups is 2. The highest BCUT2D eigenvalue weighted by Gasteiger charge is 2.41. The van der Waals surface area contributed by atoms with Crippen molar-refractivity contribution in [2.75, 3.05) is 7.11 Å². The van der Waals surface area contributed by atoms with E-state index in [9.17, 15) is 9.59 Å². The quantitative estimate of drug-likeness (QED) is 0.434. The van der Waals surface area contributed by atoms with Crippen LogP contribution in [0.3, 0.4) is 0 Å². The Hall–Kier alpha value is -3.16. The lowest BCUT2D eigenvalue weighted by atomic mass is 9.73. The molecule has 7 heteroatoms. The second-order valence-corrected chi connectivity index (χ2v) is 10.3. The maximum absolute atomic E-state index is 13.5. The molecule has 2 aliphatic rings. The number of dihydropyridines is 1. The average molecular weight is 492 g/mol. The van der Waals surface area contributed by atoms with E-state index < -0.39 is 11.9 Å². The largest absolute Gasteiger partial charge is 0.497 e. The molecule has 1 aliphatic heterocycles. The Morgan fingerprint density at radius 3 is 2.62 bits per heavy atom. The van der Waals surface area contributed by atoms with E-state index in [0.29, 0.717) is 17.6 Å². The van der Waals surface area contributed by atoms with Crippen molar-refractivity contribution in [3.63, 3.8) is 0 Å². The Balaban J connectivity index is 1.43. The fourth-order valence-corrected chi connectivity index (χ4v) is 6.27. The Morgan fingerprint density at radius 1 is 1.12 bits per heavy atom. The molecule has 2 atom stereocenters. The van der Waals surface area contributed by atoms with Crippen LogP contribution >= 0.6 is 22.7 Å². The van der Waals surface area contributed by atoms with E-state index in [1.165, 1.54) is 4.88 Å². The molecule has 0 fully saturated rings. The van der Waals surface area contributed by atoms with Crippen LogP contribution < -0.4 is 10.1 Å². The third-order valence-corrected chi connectivity index (χ3v) is 8.13.